The minimum atomic E-state index is -1.34. The third-order valence-electron chi connectivity index (χ3n) is 4.34. The number of rotatable bonds is 2. The first-order valence-electron chi connectivity index (χ1n) is 8.32. The molecule has 23 heavy (non-hydrogen) atoms. The molecule has 136 valence electrons. The van der Waals surface area contributed by atoms with E-state index in [1.165, 1.54) is 0 Å². The van der Waals surface area contributed by atoms with Gasteiger partial charge in [0.1, 0.15) is 30.6 Å². The van der Waals surface area contributed by atoms with Gasteiger partial charge in [0.2, 0.25) is 0 Å². The summed E-state index contributed by atoms with van der Waals surface area (Å²) in [5.41, 5.74) is 0. The first kappa shape index (κ1) is 19.0. The van der Waals surface area contributed by atoms with Crippen molar-refractivity contribution in [2.24, 2.45) is 0 Å². The lowest BCUT2D eigenvalue weighted by Gasteiger charge is -2.44. The lowest BCUT2D eigenvalue weighted by Crippen LogP contribution is -2.64. The minimum Gasteiger partial charge on any atom is -0.394 e. The molecule has 0 saturated carbocycles. The fraction of sp³-hybridized carbons (Fsp3) is 1.00. The van der Waals surface area contributed by atoms with Crippen LogP contribution in [-0.2, 0) is 4.74 Å². The van der Waals surface area contributed by atoms with E-state index in [-0.39, 0.29) is 0 Å². The zero-order valence-electron chi connectivity index (χ0n) is 13.4. The number of ether oxygens (including phenoxy) is 1. The molecule has 0 aromatic rings. The number of nitrogens with zero attached hydrogens (tertiary/aromatic N) is 1. The van der Waals surface area contributed by atoms with Crippen molar-refractivity contribution in [3.63, 3.8) is 0 Å². The van der Waals surface area contributed by atoms with Gasteiger partial charge < -0.3 is 41.1 Å². The maximum absolute atomic E-state index is 10.3. The summed E-state index contributed by atoms with van der Waals surface area (Å²) in [5, 5.41) is 49.3. The van der Waals surface area contributed by atoms with Gasteiger partial charge in [-0.1, -0.05) is 0 Å². The fourth-order valence-corrected chi connectivity index (χ4v) is 2.92. The second kappa shape index (κ2) is 9.82. The smallest absolute Gasteiger partial charge is 0.140 e. The van der Waals surface area contributed by atoms with Gasteiger partial charge in [-0.2, -0.15) is 0 Å². The van der Waals surface area contributed by atoms with E-state index in [2.05, 4.69) is 16.0 Å². The molecule has 2 aliphatic rings. The van der Waals surface area contributed by atoms with Gasteiger partial charge in [-0.05, 0) is 0 Å². The predicted molar refractivity (Wildman–Crippen MR) is 83.9 cm³/mol. The van der Waals surface area contributed by atoms with E-state index in [0.29, 0.717) is 13.1 Å². The molecule has 0 aliphatic carbocycles. The summed E-state index contributed by atoms with van der Waals surface area (Å²) < 4.78 is 5.64. The molecule has 2 aliphatic heterocycles. The van der Waals surface area contributed by atoms with Gasteiger partial charge >= 0.3 is 0 Å². The van der Waals surface area contributed by atoms with E-state index in [1.807, 2.05) is 4.90 Å². The van der Waals surface area contributed by atoms with Crippen LogP contribution in [0.15, 0.2) is 0 Å². The largest absolute Gasteiger partial charge is 0.394 e. The molecule has 2 heterocycles. The number of aliphatic hydroxyl groups is 4. The molecule has 0 radical (unpaired) electrons. The summed E-state index contributed by atoms with van der Waals surface area (Å²) in [5.74, 6) is 0. The van der Waals surface area contributed by atoms with Gasteiger partial charge in [-0.15, -0.1) is 0 Å². The van der Waals surface area contributed by atoms with Crippen LogP contribution in [0.5, 0.6) is 0 Å². The highest BCUT2D eigenvalue weighted by atomic mass is 16.6. The highest BCUT2D eigenvalue weighted by Gasteiger charge is 2.45. The van der Waals surface area contributed by atoms with Crippen LogP contribution in [0.25, 0.3) is 0 Å². The Balaban J connectivity index is 1.98. The van der Waals surface area contributed by atoms with Gasteiger partial charge in [0.25, 0.3) is 0 Å². The van der Waals surface area contributed by atoms with E-state index in [1.54, 1.807) is 0 Å². The van der Waals surface area contributed by atoms with Gasteiger partial charge in [0.05, 0.1) is 6.61 Å². The second-order valence-electron chi connectivity index (χ2n) is 6.01. The number of nitrogens with one attached hydrogen (secondary N) is 3. The monoisotopic (exact) mass is 334 g/mol. The molecule has 7 N–H and O–H groups in total. The Hall–Kier alpha value is -0.360. The van der Waals surface area contributed by atoms with E-state index in [9.17, 15) is 20.4 Å². The zero-order valence-corrected chi connectivity index (χ0v) is 13.4. The maximum atomic E-state index is 10.3. The lowest BCUT2D eigenvalue weighted by molar-refractivity contribution is -0.264. The standard InChI is InChI=1S/C14H30N4O5/c19-9-10-11(20)12(21)13(22)14(23-10)18-7-5-16-3-1-15-2-4-17-6-8-18/h10-17,19-22H,1-9H2/t10?,11-,12+,13?,14-/m1/s1. The minimum absolute atomic E-state index is 0.405. The topological polar surface area (TPSA) is 129 Å². The zero-order chi connectivity index (χ0) is 16.7. The van der Waals surface area contributed by atoms with Gasteiger partial charge in [-0.25, -0.2) is 0 Å². The van der Waals surface area contributed by atoms with Crippen LogP contribution in [0.3, 0.4) is 0 Å². The summed E-state index contributed by atoms with van der Waals surface area (Å²) in [4.78, 5) is 1.93. The van der Waals surface area contributed by atoms with E-state index < -0.39 is 37.3 Å². The highest BCUT2D eigenvalue weighted by Crippen LogP contribution is 2.23. The Morgan fingerprint density at radius 2 is 1.30 bits per heavy atom. The predicted octanol–water partition coefficient (Wildman–Crippen LogP) is -4.13. The van der Waals surface area contributed by atoms with Crippen LogP contribution < -0.4 is 16.0 Å². The molecular formula is C14H30N4O5. The molecule has 0 aromatic carbocycles. The molecule has 0 bridgehead atoms. The lowest BCUT2D eigenvalue weighted by atomic mass is 9.97. The van der Waals surface area contributed by atoms with Crippen LogP contribution in [0, 0.1) is 0 Å². The third kappa shape index (κ3) is 5.31. The van der Waals surface area contributed by atoms with Crippen molar-refractivity contribution in [2.75, 3.05) is 59.0 Å². The molecule has 9 nitrogen and oxygen atoms in total. The van der Waals surface area contributed by atoms with Crippen LogP contribution in [0.2, 0.25) is 0 Å². The van der Waals surface area contributed by atoms with Crippen LogP contribution in [0.1, 0.15) is 0 Å². The normalized spacial score (nSPS) is 39.4. The maximum Gasteiger partial charge on any atom is 0.140 e. The molecule has 0 aromatic heterocycles. The molecule has 2 unspecified atom stereocenters. The van der Waals surface area contributed by atoms with Gasteiger partial charge in [0, 0.05) is 52.4 Å². The Labute approximate surface area is 136 Å². The fourth-order valence-electron chi connectivity index (χ4n) is 2.92. The van der Waals surface area contributed by atoms with Gasteiger partial charge in [0.15, 0.2) is 0 Å². The van der Waals surface area contributed by atoms with E-state index in [0.717, 1.165) is 39.3 Å². The van der Waals surface area contributed by atoms with Crippen molar-refractivity contribution < 1.29 is 25.2 Å². The molecule has 2 rings (SSSR count). The number of hydrogen-bond acceptors (Lipinski definition) is 9. The molecule has 0 amide bonds. The average molecular weight is 334 g/mol. The van der Waals surface area contributed by atoms with Crippen LogP contribution in [0.4, 0.5) is 0 Å². The summed E-state index contributed by atoms with van der Waals surface area (Å²) >= 11 is 0. The van der Waals surface area contributed by atoms with Gasteiger partial charge in [-0.3, -0.25) is 4.90 Å². The molecule has 5 atom stereocenters. The quantitative estimate of drug-likeness (QED) is 0.269. The highest BCUT2D eigenvalue weighted by molar-refractivity contribution is 4.92. The van der Waals surface area contributed by atoms with Crippen LogP contribution in [-0.4, -0.2) is 115 Å². The first-order chi connectivity index (χ1) is 11.1. The molecule has 2 fully saturated rings. The van der Waals surface area contributed by atoms with E-state index in [4.69, 9.17) is 4.74 Å². The Kier molecular flexibility index (Phi) is 8.10. The van der Waals surface area contributed by atoms with Crippen molar-refractivity contribution in [2.45, 2.75) is 30.6 Å². The van der Waals surface area contributed by atoms with E-state index >= 15 is 0 Å². The van der Waals surface area contributed by atoms with Crippen molar-refractivity contribution in [1.82, 2.24) is 20.9 Å². The first-order valence-corrected chi connectivity index (χ1v) is 8.32. The molecule has 0 spiro atoms. The van der Waals surface area contributed by atoms with Crippen molar-refractivity contribution >= 4 is 0 Å². The summed E-state index contributed by atoms with van der Waals surface area (Å²) in [7, 11) is 0. The summed E-state index contributed by atoms with van der Waals surface area (Å²) in [6.07, 6.45) is -5.50. The van der Waals surface area contributed by atoms with Crippen molar-refractivity contribution in [3.05, 3.63) is 0 Å². The SMILES string of the molecule is OCC1O[C@@H](N2CCNCCNCCNCC2)C(O)[C@@H](O)[C@@H]1O. The average Bonchev–Trinajstić information content (AvgIpc) is 2.54. The molecule has 2 saturated heterocycles. The third-order valence-corrected chi connectivity index (χ3v) is 4.34. The Bertz CT molecular complexity index is 324. The molecular weight excluding hydrogens is 304 g/mol. The Morgan fingerprint density at radius 3 is 1.83 bits per heavy atom. The molecule has 9 heteroatoms. The van der Waals surface area contributed by atoms with Crippen molar-refractivity contribution in [1.29, 1.82) is 0 Å². The van der Waals surface area contributed by atoms with Crippen molar-refractivity contribution in [3.8, 4) is 0 Å². The van der Waals surface area contributed by atoms with Crippen LogP contribution >= 0.6 is 0 Å². The summed E-state index contributed by atoms with van der Waals surface area (Å²) in [6, 6.07) is 0. The number of hydrogen-bond donors (Lipinski definition) is 7. The second-order valence-corrected chi connectivity index (χ2v) is 6.01. The summed E-state index contributed by atoms with van der Waals surface area (Å²) in [6.45, 7) is 5.77. The Morgan fingerprint density at radius 1 is 0.783 bits per heavy atom. The number of aliphatic hydroxyl groups excluding tert-OH is 4.